The molecule has 0 aliphatic heterocycles. The molecule has 0 amide bonds. The maximum absolute atomic E-state index is 11.3. The van der Waals surface area contributed by atoms with E-state index in [1.165, 1.54) is 17.6 Å². The molecule has 5 heteroatoms. The van der Waals surface area contributed by atoms with Gasteiger partial charge in [0.2, 0.25) is 0 Å². The van der Waals surface area contributed by atoms with E-state index in [1.807, 2.05) is 0 Å². The van der Waals surface area contributed by atoms with Gasteiger partial charge in [-0.2, -0.15) is 0 Å². The van der Waals surface area contributed by atoms with Crippen LogP contribution in [0.15, 0.2) is 40.6 Å². The minimum absolute atomic E-state index is 0.299. The Balaban J connectivity index is 2.38. The van der Waals surface area contributed by atoms with Gasteiger partial charge in [0.05, 0.1) is 4.90 Å². The average Bonchev–Trinajstić information content (AvgIpc) is 2.76. The summed E-state index contributed by atoms with van der Waals surface area (Å²) in [5.74, 6) is 0. The van der Waals surface area contributed by atoms with Gasteiger partial charge in [0.1, 0.15) is 0 Å². The van der Waals surface area contributed by atoms with Crippen molar-refractivity contribution in [2.24, 2.45) is 0 Å². The monoisotopic (exact) mass is 266 g/mol. The number of benzene rings is 1. The summed E-state index contributed by atoms with van der Waals surface area (Å²) in [4.78, 5) is 11.8. The number of thiophene rings is 1. The molecule has 0 saturated carbocycles. The standard InChI is InChI=1S/C12H10O3S2/c1-17(14,15)11-4-2-10(3-5-11)12-6-9(7-13)8-16-12/h2-8H,1H3. The third-order valence-electron chi connectivity index (χ3n) is 2.32. The molecule has 0 fully saturated rings. The molecule has 0 unspecified atom stereocenters. The van der Waals surface area contributed by atoms with Crippen LogP contribution < -0.4 is 0 Å². The molecule has 2 rings (SSSR count). The number of hydrogen-bond acceptors (Lipinski definition) is 4. The number of carbonyl (C=O) groups excluding carboxylic acids is 1. The van der Waals surface area contributed by atoms with Gasteiger partial charge in [0, 0.05) is 22.1 Å². The highest BCUT2D eigenvalue weighted by Crippen LogP contribution is 2.27. The predicted molar refractivity (Wildman–Crippen MR) is 68.3 cm³/mol. The van der Waals surface area contributed by atoms with Crippen LogP contribution >= 0.6 is 11.3 Å². The second-order valence-corrected chi connectivity index (χ2v) is 6.59. The van der Waals surface area contributed by atoms with E-state index < -0.39 is 9.84 Å². The zero-order valence-electron chi connectivity index (χ0n) is 9.08. The van der Waals surface area contributed by atoms with E-state index in [2.05, 4.69) is 0 Å². The third-order valence-corrected chi connectivity index (χ3v) is 4.45. The topological polar surface area (TPSA) is 51.2 Å². The Hall–Kier alpha value is -1.46. The lowest BCUT2D eigenvalue weighted by Gasteiger charge is -2.00. The van der Waals surface area contributed by atoms with Crippen molar-refractivity contribution < 1.29 is 13.2 Å². The fraction of sp³-hybridized carbons (Fsp3) is 0.0833. The number of carbonyl (C=O) groups is 1. The predicted octanol–water partition coefficient (Wildman–Crippen LogP) is 2.63. The summed E-state index contributed by atoms with van der Waals surface area (Å²) in [7, 11) is -3.15. The molecule has 1 aromatic carbocycles. The normalized spacial score (nSPS) is 11.4. The summed E-state index contributed by atoms with van der Waals surface area (Å²) in [6, 6.07) is 8.43. The van der Waals surface area contributed by atoms with E-state index in [1.54, 1.807) is 35.7 Å². The Morgan fingerprint density at radius 3 is 2.29 bits per heavy atom. The fourth-order valence-electron chi connectivity index (χ4n) is 1.43. The molecule has 0 aliphatic carbocycles. The van der Waals surface area contributed by atoms with Crippen LogP contribution in [0, 0.1) is 0 Å². The Morgan fingerprint density at radius 2 is 1.82 bits per heavy atom. The fourth-order valence-corrected chi connectivity index (χ4v) is 2.92. The lowest BCUT2D eigenvalue weighted by Crippen LogP contribution is -1.95. The summed E-state index contributed by atoms with van der Waals surface area (Å²) < 4.78 is 22.6. The number of hydrogen-bond donors (Lipinski definition) is 0. The summed E-state index contributed by atoms with van der Waals surface area (Å²) in [6.45, 7) is 0. The first-order valence-electron chi connectivity index (χ1n) is 4.85. The van der Waals surface area contributed by atoms with E-state index in [0.29, 0.717) is 10.5 Å². The molecule has 88 valence electrons. The molecule has 1 aromatic heterocycles. The largest absolute Gasteiger partial charge is 0.298 e. The molecule has 0 spiro atoms. The van der Waals surface area contributed by atoms with Crippen molar-refractivity contribution in [2.45, 2.75) is 4.90 Å². The summed E-state index contributed by atoms with van der Waals surface area (Å²) >= 11 is 1.46. The molecule has 0 saturated heterocycles. The van der Waals surface area contributed by atoms with Crippen LogP contribution in [0.4, 0.5) is 0 Å². The molecular formula is C12H10O3S2. The second-order valence-electron chi connectivity index (χ2n) is 3.66. The highest BCUT2D eigenvalue weighted by atomic mass is 32.2. The quantitative estimate of drug-likeness (QED) is 0.802. The Labute approximate surface area is 104 Å². The maximum Gasteiger partial charge on any atom is 0.175 e. The molecule has 3 nitrogen and oxygen atoms in total. The first-order valence-corrected chi connectivity index (χ1v) is 7.62. The zero-order chi connectivity index (χ0) is 12.5. The highest BCUT2D eigenvalue weighted by molar-refractivity contribution is 7.90. The van der Waals surface area contributed by atoms with Crippen LogP contribution in [0.2, 0.25) is 0 Å². The molecule has 0 aliphatic rings. The van der Waals surface area contributed by atoms with Crippen LogP contribution in [0.3, 0.4) is 0 Å². The van der Waals surface area contributed by atoms with Crippen molar-refractivity contribution >= 4 is 27.5 Å². The molecule has 2 aromatic rings. The van der Waals surface area contributed by atoms with Crippen LogP contribution in [-0.4, -0.2) is 21.0 Å². The number of rotatable bonds is 3. The lowest BCUT2D eigenvalue weighted by molar-refractivity contribution is 0.112. The van der Waals surface area contributed by atoms with Gasteiger partial charge < -0.3 is 0 Å². The zero-order valence-corrected chi connectivity index (χ0v) is 10.7. The molecule has 1 heterocycles. The smallest absolute Gasteiger partial charge is 0.175 e. The third kappa shape index (κ3) is 2.62. The number of sulfone groups is 1. The highest BCUT2D eigenvalue weighted by Gasteiger charge is 2.07. The van der Waals surface area contributed by atoms with Crippen LogP contribution in [-0.2, 0) is 9.84 Å². The van der Waals surface area contributed by atoms with Gasteiger partial charge in [-0.25, -0.2) is 8.42 Å². The van der Waals surface area contributed by atoms with Gasteiger partial charge in [0.15, 0.2) is 16.1 Å². The SMILES string of the molecule is CS(=O)(=O)c1ccc(-c2cc(C=O)cs2)cc1. The molecule has 0 N–H and O–H groups in total. The van der Waals surface area contributed by atoms with Gasteiger partial charge >= 0.3 is 0 Å². The van der Waals surface area contributed by atoms with Gasteiger partial charge in [-0.1, -0.05) is 12.1 Å². The van der Waals surface area contributed by atoms with Crippen molar-refractivity contribution in [3.8, 4) is 10.4 Å². The van der Waals surface area contributed by atoms with E-state index in [-0.39, 0.29) is 0 Å². The Morgan fingerprint density at radius 1 is 1.18 bits per heavy atom. The molecule has 0 bridgehead atoms. The summed E-state index contributed by atoms with van der Waals surface area (Å²) in [6.07, 6.45) is 1.97. The summed E-state index contributed by atoms with van der Waals surface area (Å²) in [5.41, 5.74) is 1.55. The van der Waals surface area contributed by atoms with Crippen molar-refractivity contribution in [1.82, 2.24) is 0 Å². The van der Waals surface area contributed by atoms with Crippen molar-refractivity contribution in [3.05, 3.63) is 41.3 Å². The summed E-state index contributed by atoms with van der Waals surface area (Å²) in [5, 5.41) is 1.77. The van der Waals surface area contributed by atoms with E-state index in [9.17, 15) is 13.2 Å². The number of aldehydes is 1. The first-order chi connectivity index (χ1) is 8.00. The molecule has 0 radical (unpaired) electrons. The Kier molecular flexibility index (Phi) is 3.13. The minimum Gasteiger partial charge on any atom is -0.298 e. The second kappa shape index (κ2) is 4.43. The van der Waals surface area contributed by atoms with Crippen molar-refractivity contribution in [1.29, 1.82) is 0 Å². The molecule has 17 heavy (non-hydrogen) atoms. The minimum atomic E-state index is -3.15. The average molecular weight is 266 g/mol. The van der Waals surface area contributed by atoms with E-state index in [0.717, 1.165) is 16.7 Å². The van der Waals surface area contributed by atoms with E-state index >= 15 is 0 Å². The van der Waals surface area contributed by atoms with Crippen LogP contribution in [0.1, 0.15) is 10.4 Å². The van der Waals surface area contributed by atoms with Gasteiger partial charge in [-0.05, 0) is 23.8 Å². The molecule has 0 atom stereocenters. The lowest BCUT2D eigenvalue weighted by atomic mass is 10.2. The van der Waals surface area contributed by atoms with Gasteiger partial charge in [-0.15, -0.1) is 11.3 Å². The molecular weight excluding hydrogens is 256 g/mol. The Bertz CT molecular complexity index is 637. The van der Waals surface area contributed by atoms with Gasteiger partial charge in [0.25, 0.3) is 0 Å². The van der Waals surface area contributed by atoms with Crippen molar-refractivity contribution in [3.63, 3.8) is 0 Å². The van der Waals surface area contributed by atoms with Crippen molar-refractivity contribution in [2.75, 3.05) is 6.26 Å². The van der Waals surface area contributed by atoms with Crippen LogP contribution in [0.25, 0.3) is 10.4 Å². The first kappa shape index (κ1) is 12.0. The van der Waals surface area contributed by atoms with E-state index in [4.69, 9.17) is 0 Å². The maximum atomic E-state index is 11.3. The van der Waals surface area contributed by atoms with Crippen LogP contribution in [0.5, 0.6) is 0 Å². The van der Waals surface area contributed by atoms with Gasteiger partial charge in [-0.3, -0.25) is 4.79 Å².